The number of nitrogens with one attached hydrogen (secondary N) is 1. The second-order valence-corrected chi connectivity index (χ2v) is 7.22. The maximum Gasteiger partial charge on any atom is 0.227 e. The highest BCUT2D eigenvalue weighted by atomic mass is 32.2. The molecule has 1 aliphatic rings. The molecule has 0 saturated heterocycles. The molecule has 1 atom stereocenters. The van der Waals surface area contributed by atoms with Gasteiger partial charge in [-0.05, 0) is 34.7 Å². The molecule has 1 aliphatic carbocycles. The fourth-order valence-electron chi connectivity index (χ4n) is 3.36. The first-order chi connectivity index (χ1) is 11.8. The molecule has 7 heteroatoms. The first-order valence-electron chi connectivity index (χ1n) is 8.43. The second-order valence-electron chi connectivity index (χ2n) is 6.16. The Labute approximate surface area is 146 Å². The molecule has 3 rings (SSSR count). The average Bonchev–Trinajstić information content (AvgIpc) is 3.25. The van der Waals surface area contributed by atoms with Gasteiger partial charge in [0.2, 0.25) is 11.1 Å². The zero-order valence-corrected chi connectivity index (χ0v) is 14.7. The number of nitrogens with zero attached hydrogens (tertiary/aromatic N) is 4. The Morgan fingerprint density at radius 2 is 2.08 bits per heavy atom. The predicted octanol–water partition coefficient (Wildman–Crippen LogP) is 2.39. The summed E-state index contributed by atoms with van der Waals surface area (Å²) in [6.45, 7) is 0.617. The quantitative estimate of drug-likeness (QED) is 0.616. The number of hydrogen-bond donors (Lipinski definition) is 1. The van der Waals surface area contributed by atoms with Crippen molar-refractivity contribution in [1.82, 2.24) is 25.5 Å². The van der Waals surface area contributed by atoms with E-state index >= 15 is 0 Å². The van der Waals surface area contributed by atoms with Gasteiger partial charge in [-0.1, -0.05) is 54.9 Å². The molecular weight excluding hydrogens is 322 g/mol. The molecule has 0 bridgehead atoms. The van der Waals surface area contributed by atoms with Crippen LogP contribution in [0.15, 0.2) is 35.5 Å². The van der Waals surface area contributed by atoms with E-state index in [4.69, 9.17) is 0 Å². The molecule has 0 unspecified atom stereocenters. The van der Waals surface area contributed by atoms with Gasteiger partial charge in [0.05, 0.1) is 5.92 Å². The van der Waals surface area contributed by atoms with Crippen molar-refractivity contribution in [3.63, 3.8) is 0 Å². The van der Waals surface area contributed by atoms with E-state index in [0.717, 1.165) is 29.3 Å². The van der Waals surface area contributed by atoms with Crippen molar-refractivity contribution < 1.29 is 4.79 Å². The third-order valence-corrected chi connectivity index (χ3v) is 5.54. The highest BCUT2D eigenvalue weighted by Gasteiger charge is 2.31. The van der Waals surface area contributed by atoms with Crippen LogP contribution in [0.2, 0.25) is 0 Å². The standard InChI is InChI=1S/C17H23N5OS/c1-22-17(19-20-21-22)24-12-11-18-16(23)15(14-9-5-6-10-14)13-7-3-2-4-8-13/h2-4,7-8,14-15H,5-6,9-12H2,1H3,(H,18,23)/t15-/m1/s1. The fraction of sp³-hybridized carbons (Fsp3) is 0.529. The van der Waals surface area contributed by atoms with Crippen LogP contribution < -0.4 is 5.32 Å². The Morgan fingerprint density at radius 1 is 1.33 bits per heavy atom. The smallest absolute Gasteiger partial charge is 0.227 e. The molecule has 1 saturated carbocycles. The number of amides is 1. The Balaban J connectivity index is 1.56. The van der Waals surface area contributed by atoms with Gasteiger partial charge in [0.15, 0.2) is 0 Å². The minimum atomic E-state index is -0.0322. The lowest BCUT2D eigenvalue weighted by molar-refractivity contribution is -0.123. The van der Waals surface area contributed by atoms with Gasteiger partial charge in [-0.15, -0.1) is 5.10 Å². The summed E-state index contributed by atoms with van der Waals surface area (Å²) in [4.78, 5) is 12.8. The molecule has 6 nitrogen and oxygen atoms in total. The van der Waals surface area contributed by atoms with E-state index < -0.39 is 0 Å². The van der Waals surface area contributed by atoms with Gasteiger partial charge < -0.3 is 5.32 Å². The van der Waals surface area contributed by atoms with Crippen LogP contribution >= 0.6 is 11.8 Å². The third kappa shape index (κ3) is 4.14. The van der Waals surface area contributed by atoms with Crippen molar-refractivity contribution in [3.8, 4) is 0 Å². The van der Waals surface area contributed by atoms with Gasteiger partial charge in [0.1, 0.15) is 0 Å². The largest absolute Gasteiger partial charge is 0.355 e. The van der Waals surface area contributed by atoms with E-state index in [1.807, 2.05) is 25.2 Å². The van der Waals surface area contributed by atoms with Crippen LogP contribution in [0.1, 0.15) is 37.2 Å². The number of benzene rings is 1. The molecule has 1 fully saturated rings. The normalized spacial score (nSPS) is 16.2. The summed E-state index contributed by atoms with van der Waals surface area (Å²) in [5.74, 6) is 1.33. The molecule has 1 amide bonds. The minimum Gasteiger partial charge on any atom is -0.355 e. The molecule has 1 aromatic heterocycles. The Morgan fingerprint density at radius 3 is 2.75 bits per heavy atom. The van der Waals surface area contributed by atoms with Crippen LogP contribution in [0.5, 0.6) is 0 Å². The van der Waals surface area contributed by atoms with Crippen molar-refractivity contribution in [2.45, 2.75) is 36.8 Å². The third-order valence-electron chi connectivity index (χ3n) is 4.53. The number of tetrazole rings is 1. The Bertz CT molecular complexity index is 654. The van der Waals surface area contributed by atoms with E-state index in [0.29, 0.717) is 12.5 Å². The minimum absolute atomic E-state index is 0.0322. The van der Waals surface area contributed by atoms with Gasteiger partial charge in [0.25, 0.3) is 0 Å². The van der Waals surface area contributed by atoms with Crippen LogP contribution in [0.3, 0.4) is 0 Å². The molecule has 1 heterocycles. The number of aromatic nitrogens is 4. The molecule has 1 N–H and O–H groups in total. The summed E-state index contributed by atoms with van der Waals surface area (Å²) in [7, 11) is 1.81. The van der Waals surface area contributed by atoms with Crippen LogP contribution in [-0.4, -0.2) is 38.4 Å². The van der Waals surface area contributed by atoms with Gasteiger partial charge in [-0.2, -0.15) is 0 Å². The van der Waals surface area contributed by atoms with Gasteiger partial charge >= 0.3 is 0 Å². The number of carbonyl (C=O) groups is 1. The van der Waals surface area contributed by atoms with E-state index in [2.05, 4.69) is 33.0 Å². The topological polar surface area (TPSA) is 72.7 Å². The molecule has 0 spiro atoms. The summed E-state index contributed by atoms with van der Waals surface area (Å²) >= 11 is 1.55. The van der Waals surface area contributed by atoms with Gasteiger partial charge in [0, 0.05) is 19.3 Å². The van der Waals surface area contributed by atoms with Crippen molar-refractivity contribution in [3.05, 3.63) is 35.9 Å². The van der Waals surface area contributed by atoms with Crippen LogP contribution in [0.25, 0.3) is 0 Å². The maximum atomic E-state index is 12.8. The van der Waals surface area contributed by atoms with Crippen LogP contribution in [0, 0.1) is 5.92 Å². The van der Waals surface area contributed by atoms with E-state index in [1.54, 1.807) is 16.4 Å². The molecule has 0 radical (unpaired) electrons. The lowest BCUT2D eigenvalue weighted by Crippen LogP contribution is -2.34. The zero-order chi connectivity index (χ0) is 16.8. The van der Waals surface area contributed by atoms with Crippen molar-refractivity contribution in [1.29, 1.82) is 0 Å². The van der Waals surface area contributed by atoms with Crippen molar-refractivity contribution in [2.24, 2.45) is 13.0 Å². The number of thioether (sulfide) groups is 1. The fourth-order valence-corrected chi connectivity index (χ4v) is 4.06. The summed E-state index contributed by atoms with van der Waals surface area (Å²) in [6, 6.07) is 10.2. The predicted molar refractivity (Wildman–Crippen MR) is 93.7 cm³/mol. The Kier molecular flexibility index (Phi) is 5.85. The number of rotatable bonds is 7. The summed E-state index contributed by atoms with van der Waals surface area (Å²) in [6.07, 6.45) is 4.76. The van der Waals surface area contributed by atoms with Gasteiger partial charge in [-0.25, -0.2) is 4.68 Å². The average molecular weight is 345 g/mol. The monoisotopic (exact) mass is 345 g/mol. The second kappa shape index (κ2) is 8.28. The summed E-state index contributed by atoms with van der Waals surface area (Å²) in [5, 5.41) is 15.2. The summed E-state index contributed by atoms with van der Waals surface area (Å²) < 4.78 is 1.64. The molecule has 0 aliphatic heterocycles. The lowest BCUT2D eigenvalue weighted by Gasteiger charge is -2.23. The molecule has 24 heavy (non-hydrogen) atoms. The molecule has 2 aromatic rings. The Hall–Kier alpha value is -1.89. The van der Waals surface area contributed by atoms with Crippen molar-refractivity contribution in [2.75, 3.05) is 12.3 Å². The SMILES string of the molecule is Cn1nnnc1SCCNC(=O)[C@H](c1ccccc1)C1CCCC1. The van der Waals surface area contributed by atoms with E-state index in [1.165, 1.54) is 12.8 Å². The first kappa shape index (κ1) is 17.0. The highest BCUT2D eigenvalue weighted by molar-refractivity contribution is 7.99. The molecular formula is C17H23N5OS. The lowest BCUT2D eigenvalue weighted by atomic mass is 9.84. The summed E-state index contributed by atoms with van der Waals surface area (Å²) in [5.41, 5.74) is 1.13. The van der Waals surface area contributed by atoms with E-state index in [-0.39, 0.29) is 11.8 Å². The highest BCUT2D eigenvalue weighted by Crippen LogP contribution is 2.37. The number of carbonyl (C=O) groups excluding carboxylic acids is 1. The van der Waals surface area contributed by atoms with Crippen LogP contribution in [0.4, 0.5) is 0 Å². The maximum absolute atomic E-state index is 12.8. The van der Waals surface area contributed by atoms with E-state index in [9.17, 15) is 4.79 Å². The van der Waals surface area contributed by atoms with Gasteiger partial charge in [-0.3, -0.25) is 4.79 Å². The number of aryl methyl sites for hydroxylation is 1. The first-order valence-corrected chi connectivity index (χ1v) is 9.42. The van der Waals surface area contributed by atoms with Crippen molar-refractivity contribution >= 4 is 17.7 Å². The zero-order valence-electron chi connectivity index (χ0n) is 13.9. The molecule has 1 aromatic carbocycles. The molecule has 128 valence electrons. The van der Waals surface area contributed by atoms with Crippen LogP contribution in [-0.2, 0) is 11.8 Å². The number of hydrogen-bond acceptors (Lipinski definition) is 5.